The number of halogens is 2. The zero-order valence-electron chi connectivity index (χ0n) is 10.0. The second-order valence-electron chi connectivity index (χ2n) is 4.41. The van der Waals surface area contributed by atoms with E-state index in [2.05, 4.69) is 12.2 Å². The zero-order valence-corrected chi connectivity index (χ0v) is 10.0. The first-order chi connectivity index (χ1) is 8.20. The smallest absolute Gasteiger partial charge is 0.146 e. The van der Waals surface area contributed by atoms with Gasteiger partial charge in [-0.05, 0) is 31.5 Å². The molecular formula is C13H18F2N2. The lowest BCUT2D eigenvalue weighted by molar-refractivity contribution is 0.420. The molecule has 1 saturated heterocycles. The normalized spacial score (nSPS) is 17.5. The summed E-state index contributed by atoms with van der Waals surface area (Å²) in [5.74, 6) is -0.719. The molecule has 2 nitrogen and oxygen atoms in total. The van der Waals surface area contributed by atoms with Gasteiger partial charge in [-0.2, -0.15) is 0 Å². The summed E-state index contributed by atoms with van der Waals surface area (Å²) in [5.41, 5.74) is 0.389. The Kier molecular flexibility index (Phi) is 3.94. The monoisotopic (exact) mass is 240 g/mol. The molecule has 0 bridgehead atoms. The van der Waals surface area contributed by atoms with Crippen molar-refractivity contribution in [3.8, 4) is 0 Å². The van der Waals surface area contributed by atoms with Crippen LogP contribution in [0.5, 0.6) is 0 Å². The topological polar surface area (TPSA) is 15.3 Å². The van der Waals surface area contributed by atoms with Crippen LogP contribution in [0.4, 0.5) is 14.5 Å². The minimum absolute atomic E-state index is 0.340. The molecule has 0 unspecified atom stereocenters. The van der Waals surface area contributed by atoms with E-state index in [4.69, 9.17) is 0 Å². The van der Waals surface area contributed by atoms with E-state index >= 15 is 0 Å². The van der Waals surface area contributed by atoms with E-state index in [1.165, 1.54) is 12.1 Å². The molecule has 17 heavy (non-hydrogen) atoms. The predicted octanol–water partition coefficient (Wildman–Crippen LogP) is 2.54. The molecule has 0 radical (unpaired) electrons. The van der Waals surface area contributed by atoms with E-state index in [0.717, 1.165) is 38.5 Å². The van der Waals surface area contributed by atoms with Gasteiger partial charge in [0.2, 0.25) is 0 Å². The first-order valence-electron chi connectivity index (χ1n) is 6.14. The maximum atomic E-state index is 13.6. The van der Waals surface area contributed by atoms with Crippen LogP contribution in [0.3, 0.4) is 0 Å². The average molecular weight is 240 g/mol. The van der Waals surface area contributed by atoms with Gasteiger partial charge in [0, 0.05) is 25.2 Å². The third kappa shape index (κ3) is 2.94. The highest BCUT2D eigenvalue weighted by Crippen LogP contribution is 2.24. The lowest BCUT2D eigenvalue weighted by atomic mass is 10.0. The molecule has 0 amide bonds. The van der Waals surface area contributed by atoms with Crippen LogP contribution in [0.15, 0.2) is 18.2 Å². The minimum Gasteiger partial charge on any atom is -0.369 e. The molecule has 2 rings (SSSR count). The third-order valence-corrected chi connectivity index (χ3v) is 3.24. The van der Waals surface area contributed by atoms with Gasteiger partial charge in [-0.3, -0.25) is 0 Å². The van der Waals surface area contributed by atoms with Gasteiger partial charge in [0.05, 0.1) is 5.69 Å². The Morgan fingerprint density at radius 3 is 2.65 bits per heavy atom. The number of nitrogens with zero attached hydrogens (tertiary/aromatic N) is 1. The fourth-order valence-corrected chi connectivity index (χ4v) is 2.34. The van der Waals surface area contributed by atoms with Crippen molar-refractivity contribution < 1.29 is 8.78 Å². The van der Waals surface area contributed by atoms with Crippen molar-refractivity contribution in [1.82, 2.24) is 5.32 Å². The van der Waals surface area contributed by atoms with Crippen molar-refractivity contribution in [2.45, 2.75) is 25.8 Å². The van der Waals surface area contributed by atoms with Crippen LogP contribution >= 0.6 is 0 Å². The Morgan fingerprint density at radius 1 is 1.29 bits per heavy atom. The van der Waals surface area contributed by atoms with Crippen molar-refractivity contribution in [3.63, 3.8) is 0 Å². The van der Waals surface area contributed by atoms with Crippen LogP contribution in [0, 0.1) is 11.6 Å². The molecule has 1 heterocycles. The Labute approximate surface area is 101 Å². The Bertz CT molecular complexity index is 374. The standard InChI is InChI=1S/C13H18F2N2/c1-2-16-11-5-7-17(8-6-11)13-9-10(14)3-4-12(13)15/h3-4,9,11,16H,2,5-8H2,1H3. The maximum Gasteiger partial charge on any atom is 0.146 e. The molecule has 0 atom stereocenters. The summed E-state index contributed by atoms with van der Waals surface area (Å²) in [5, 5.41) is 3.39. The number of rotatable bonds is 3. The van der Waals surface area contributed by atoms with Crippen molar-refractivity contribution >= 4 is 5.69 Å². The Morgan fingerprint density at radius 2 is 2.00 bits per heavy atom. The number of nitrogens with one attached hydrogen (secondary N) is 1. The van der Waals surface area contributed by atoms with Crippen LogP contribution in [0.2, 0.25) is 0 Å². The summed E-state index contributed by atoms with van der Waals surface area (Å²) in [6.45, 7) is 4.59. The zero-order chi connectivity index (χ0) is 12.3. The van der Waals surface area contributed by atoms with Crippen LogP contribution in [-0.2, 0) is 0 Å². The van der Waals surface area contributed by atoms with E-state index in [1.54, 1.807) is 0 Å². The minimum atomic E-state index is -0.379. The molecule has 94 valence electrons. The molecule has 1 aliphatic rings. The van der Waals surface area contributed by atoms with Crippen molar-refractivity contribution in [2.24, 2.45) is 0 Å². The summed E-state index contributed by atoms with van der Waals surface area (Å²) in [6, 6.07) is 4.14. The molecular weight excluding hydrogens is 222 g/mol. The molecule has 0 spiro atoms. The molecule has 4 heteroatoms. The van der Waals surface area contributed by atoms with Crippen LogP contribution in [0.25, 0.3) is 0 Å². The fourth-order valence-electron chi connectivity index (χ4n) is 2.34. The molecule has 1 aromatic carbocycles. The highest BCUT2D eigenvalue weighted by atomic mass is 19.1. The lowest BCUT2D eigenvalue weighted by Gasteiger charge is -2.34. The predicted molar refractivity (Wildman–Crippen MR) is 65.3 cm³/mol. The van der Waals surface area contributed by atoms with Gasteiger partial charge in [0.25, 0.3) is 0 Å². The van der Waals surface area contributed by atoms with E-state index in [-0.39, 0.29) is 11.6 Å². The molecule has 0 aliphatic carbocycles. The largest absolute Gasteiger partial charge is 0.369 e. The van der Waals surface area contributed by atoms with Gasteiger partial charge in [0.15, 0.2) is 0 Å². The Balaban J connectivity index is 2.02. The first-order valence-corrected chi connectivity index (χ1v) is 6.14. The second kappa shape index (κ2) is 5.45. The Hall–Kier alpha value is -1.16. The van der Waals surface area contributed by atoms with Crippen LogP contribution in [0.1, 0.15) is 19.8 Å². The van der Waals surface area contributed by atoms with Gasteiger partial charge >= 0.3 is 0 Å². The number of hydrogen-bond acceptors (Lipinski definition) is 2. The number of hydrogen-bond donors (Lipinski definition) is 1. The van der Waals surface area contributed by atoms with Gasteiger partial charge in [-0.25, -0.2) is 8.78 Å². The molecule has 0 saturated carbocycles. The summed E-state index contributed by atoms with van der Waals surface area (Å²) < 4.78 is 26.7. The maximum absolute atomic E-state index is 13.6. The second-order valence-corrected chi connectivity index (χ2v) is 4.41. The van der Waals surface area contributed by atoms with Crippen LogP contribution in [-0.4, -0.2) is 25.7 Å². The molecule has 1 fully saturated rings. The highest BCUT2D eigenvalue weighted by Gasteiger charge is 2.20. The number of piperidine rings is 1. The number of benzene rings is 1. The molecule has 0 aromatic heterocycles. The SMILES string of the molecule is CCNC1CCN(c2cc(F)ccc2F)CC1. The van der Waals surface area contributed by atoms with Crippen molar-refractivity contribution in [3.05, 3.63) is 29.8 Å². The average Bonchev–Trinajstić information content (AvgIpc) is 2.34. The van der Waals surface area contributed by atoms with Gasteiger partial charge < -0.3 is 10.2 Å². The van der Waals surface area contributed by atoms with Crippen LogP contribution < -0.4 is 10.2 Å². The summed E-state index contributed by atoms with van der Waals surface area (Å²) in [4.78, 5) is 1.92. The summed E-state index contributed by atoms with van der Waals surface area (Å²) in [6.07, 6.45) is 1.95. The summed E-state index contributed by atoms with van der Waals surface area (Å²) >= 11 is 0. The van der Waals surface area contributed by atoms with Gasteiger partial charge in [-0.15, -0.1) is 0 Å². The van der Waals surface area contributed by atoms with E-state index < -0.39 is 0 Å². The molecule has 1 aliphatic heterocycles. The molecule has 1 aromatic rings. The third-order valence-electron chi connectivity index (χ3n) is 3.24. The van der Waals surface area contributed by atoms with E-state index in [0.29, 0.717) is 11.7 Å². The number of anilines is 1. The van der Waals surface area contributed by atoms with E-state index in [9.17, 15) is 8.78 Å². The lowest BCUT2D eigenvalue weighted by Crippen LogP contribution is -2.42. The molecule has 1 N–H and O–H groups in total. The highest BCUT2D eigenvalue weighted by molar-refractivity contribution is 5.48. The first kappa shape index (κ1) is 12.3. The van der Waals surface area contributed by atoms with Crippen molar-refractivity contribution in [2.75, 3.05) is 24.5 Å². The van der Waals surface area contributed by atoms with E-state index in [1.807, 2.05) is 4.90 Å². The quantitative estimate of drug-likeness (QED) is 0.873. The fraction of sp³-hybridized carbons (Fsp3) is 0.538. The summed E-state index contributed by atoms with van der Waals surface area (Å²) in [7, 11) is 0. The van der Waals surface area contributed by atoms with Crippen molar-refractivity contribution in [1.29, 1.82) is 0 Å². The van der Waals surface area contributed by atoms with Gasteiger partial charge in [-0.1, -0.05) is 6.92 Å². The van der Waals surface area contributed by atoms with Gasteiger partial charge in [0.1, 0.15) is 11.6 Å².